The summed E-state index contributed by atoms with van der Waals surface area (Å²) >= 11 is 4.81. The van der Waals surface area contributed by atoms with Crippen LogP contribution in [0.25, 0.3) is 0 Å². The first-order chi connectivity index (χ1) is 9.03. The molecular formula is C13H12BrNO2S2. The Morgan fingerprint density at radius 3 is 2.53 bits per heavy atom. The van der Waals surface area contributed by atoms with E-state index in [1.807, 2.05) is 18.4 Å². The van der Waals surface area contributed by atoms with Gasteiger partial charge in [0.2, 0.25) is 0 Å². The molecule has 0 saturated heterocycles. The van der Waals surface area contributed by atoms with Gasteiger partial charge in [0.1, 0.15) is 4.90 Å². The molecule has 0 aliphatic rings. The Morgan fingerprint density at radius 2 is 1.84 bits per heavy atom. The fourth-order valence-corrected chi connectivity index (χ4v) is 4.07. The molecule has 6 heteroatoms. The van der Waals surface area contributed by atoms with Crippen molar-refractivity contribution in [2.45, 2.75) is 9.79 Å². The average Bonchev–Trinajstić information content (AvgIpc) is 2.38. The highest BCUT2D eigenvalue weighted by Gasteiger charge is 2.17. The first-order valence-electron chi connectivity index (χ1n) is 5.44. The normalized spacial score (nSPS) is 11.3. The molecular weight excluding hydrogens is 346 g/mol. The van der Waals surface area contributed by atoms with Crippen LogP contribution >= 0.6 is 27.7 Å². The number of benzene rings is 2. The van der Waals surface area contributed by atoms with E-state index >= 15 is 0 Å². The van der Waals surface area contributed by atoms with Gasteiger partial charge in [0.05, 0.1) is 0 Å². The van der Waals surface area contributed by atoms with E-state index in [1.54, 1.807) is 48.2 Å². The maximum atomic E-state index is 12.3. The molecule has 19 heavy (non-hydrogen) atoms. The summed E-state index contributed by atoms with van der Waals surface area (Å²) in [7, 11) is -3.58. The average molecular weight is 358 g/mol. The van der Waals surface area contributed by atoms with E-state index in [9.17, 15) is 8.42 Å². The van der Waals surface area contributed by atoms with Crippen molar-refractivity contribution in [2.75, 3.05) is 11.0 Å². The quantitative estimate of drug-likeness (QED) is 0.842. The molecule has 1 N–H and O–H groups in total. The number of thioether (sulfide) groups is 1. The van der Waals surface area contributed by atoms with Gasteiger partial charge in [0.25, 0.3) is 10.0 Å². The number of hydrogen-bond donors (Lipinski definition) is 1. The Bertz CT molecular complexity index is 687. The smallest absolute Gasteiger partial charge is 0.263 e. The Hall–Kier alpha value is -0.980. The van der Waals surface area contributed by atoms with Gasteiger partial charge in [-0.3, -0.25) is 4.72 Å². The zero-order valence-corrected chi connectivity index (χ0v) is 13.3. The van der Waals surface area contributed by atoms with Crippen LogP contribution in [0.5, 0.6) is 0 Å². The summed E-state index contributed by atoms with van der Waals surface area (Å²) in [6, 6.07) is 14.0. The van der Waals surface area contributed by atoms with E-state index in [4.69, 9.17) is 0 Å². The van der Waals surface area contributed by atoms with Gasteiger partial charge >= 0.3 is 0 Å². The highest BCUT2D eigenvalue weighted by molar-refractivity contribution is 9.10. The second-order valence-electron chi connectivity index (χ2n) is 3.77. The van der Waals surface area contributed by atoms with Gasteiger partial charge in [-0.1, -0.05) is 18.2 Å². The fourth-order valence-electron chi connectivity index (χ4n) is 1.56. The van der Waals surface area contributed by atoms with E-state index in [0.717, 1.165) is 4.90 Å². The third-order valence-corrected chi connectivity index (χ3v) is 5.57. The van der Waals surface area contributed by atoms with Crippen LogP contribution in [-0.4, -0.2) is 14.7 Å². The molecule has 2 rings (SSSR count). The summed E-state index contributed by atoms with van der Waals surface area (Å²) in [6.07, 6.45) is 1.95. The lowest BCUT2D eigenvalue weighted by Gasteiger charge is -2.10. The van der Waals surface area contributed by atoms with E-state index in [1.165, 1.54) is 0 Å². The standard InChI is InChI=1S/C13H12BrNO2S2/c1-18-11-6-4-5-10(9-11)15-19(16,17)13-8-3-2-7-12(13)14/h2-9,15H,1H3. The first-order valence-corrected chi connectivity index (χ1v) is 8.94. The summed E-state index contributed by atoms with van der Waals surface area (Å²) in [5, 5.41) is 0. The van der Waals surface area contributed by atoms with Crippen molar-refractivity contribution in [2.24, 2.45) is 0 Å². The number of halogens is 1. The molecule has 0 aromatic heterocycles. The number of sulfonamides is 1. The zero-order chi connectivity index (χ0) is 13.9. The zero-order valence-electron chi connectivity index (χ0n) is 10.1. The van der Waals surface area contributed by atoms with E-state index in [2.05, 4.69) is 20.7 Å². The molecule has 2 aromatic carbocycles. The Morgan fingerprint density at radius 1 is 1.11 bits per heavy atom. The lowest BCUT2D eigenvalue weighted by Crippen LogP contribution is -2.13. The predicted molar refractivity (Wildman–Crippen MR) is 83.2 cm³/mol. The van der Waals surface area contributed by atoms with Crippen molar-refractivity contribution in [1.29, 1.82) is 0 Å². The van der Waals surface area contributed by atoms with Crippen LogP contribution in [0.15, 0.2) is 62.8 Å². The van der Waals surface area contributed by atoms with Gasteiger partial charge in [-0.2, -0.15) is 0 Å². The molecule has 0 unspecified atom stereocenters. The van der Waals surface area contributed by atoms with E-state index in [0.29, 0.717) is 10.2 Å². The number of nitrogens with one attached hydrogen (secondary N) is 1. The third-order valence-electron chi connectivity index (χ3n) is 2.45. The Balaban J connectivity index is 2.34. The van der Waals surface area contributed by atoms with E-state index < -0.39 is 10.0 Å². The molecule has 100 valence electrons. The minimum Gasteiger partial charge on any atom is -0.280 e. The molecule has 0 radical (unpaired) electrons. The molecule has 0 aliphatic heterocycles. The maximum absolute atomic E-state index is 12.3. The minimum absolute atomic E-state index is 0.226. The molecule has 0 amide bonds. The summed E-state index contributed by atoms with van der Waals surface area (Å²) in [4.78, 5) is 1.23. The minimum atomic E-state index is -3.58. The third kappa shape index (κ3) is 3.52. The van der Waals surface area contributed by atoms with Crippen molar-refractivity contribution in [3.63, 3.8) is 0 Å². The molecule has 0 spiro atoms. The molecule has 0 bridgehead atoms. The van der Waals surface area contributed by atoms with Crippen molar-refractivity contribution >= 4 is 43.4 Å². The van der Waals surface area contributed by atoms with Gasteiger partial charge < -0.3 is 0 Å². The van der Waals surface area contributed by atoms with E-state index in [-0.39, 0.29) is 4.90 Å². The summed E-state index contributed by atoms with van der Waals surface area (Å²) in [5.74, 6) is 0. The monoisotopic (exact) mass is 357 g/mol. The van der Waals surface area contributed by atoms with Gasteiger partial charge in [0, 0.05) is 15.1 Å². The molecule has 0 fully saturated rings. The van der Waals surface area contributed by atoms with Gasteiger partial charge in [-0.15, -0.1) is 11.8 Å². The molecule has 0 heterocycles. The topological polar surface area (TPSA) is 46.2 Å². The maximum Gasteiger partial charge on any atom is 0.263 e. The van der Waals surface area contributed by atoms with Crippen LogP contribution in [0.4, 0.5) is 5.69 Å². The van der Waals surface area contributed by atoms with Gasteiger partial charge in [-0.25, -0.2) is 8.42 Å². The second-order valence-corrected chi connectivity index (χ2v) is 7.15. The molecule has 2 aromatic rings. The molecule has 0 saturated carbocycles. The SMILES string of the molecule is CSc1cccc(NS(=O)(=O)c2ccccc2Br)c1. The van der Waals surface area contributed by atoms with Crippen LogP contribution in [-0.2, 0) is 10.0 Å². The van der Waals surface area contributed by atoms with Gasteiger partial charge in [0.15, 0.2) is 0 Å². The van der Waals surface area contributed by atoms with Gasteiger partial charge in [-0.05, 0) is 52.5 Å². The number of hydrogen-bond acceptors (Lipinski definition) is 3. The highest BCUT2D eigenvalue weighted by Crippen LogP contribution is 2.25. The van der Waals surface area contributed by atoms with Crippen molar-refractivity contribution in [3.8, 4) is 0 Å². The Kier molecular flexibility index (Phi) is 4.54. The van der Waals surface area contributed by atoms with Crippen LogP contribution in [0.3, 0.4) is 0 Å². The largest absolute Gasteiger partial charge is 0.280 e. The van der Waals surface area contributed by atoms with Crippen molar-refractivity contribution in [1.82, 2.24) is 0 Å². The van der Waals surface area contributed by atoms with Crippen LogP contribution < -0.4 is 4.72 Å². The predicted octanol–water partition coefficient (Wildman–Crippen LogP) is 3.97. The fraction of sp³-hybridized carbons (Fsp3) is 0.0769. The molecule has 0 aliphatic carbocycles. The lowest BCUT2D eigenvalue weighted by molar-refractivity contribution is 0.601. The number of rotatable bonds is 4. The van der Waals surface area contributed by atoms with Crippen LogP contribution in [0, 0.1) is 0 Å². The van der Waals surface area contributed by atoms with Crippen LogP contribution in [0.1, 0.15) is 0 Å². The second kappa shape index (κ2) is 5.98. The molecule has 3 nitrogen and oxygen atoms in total. The highest BCUT2D eigenvalue weighted by atomic mass is 79.9. The summed E-state index contributed by atoms with van der Waals surface area (Å²) in [5.41, 5.74) is 0.558. The first kappa shape index (κ1) is 14.4. The summed E-state index contributed by atoms with van der Waals surface area (Å²) < 4.78 is 27.7. The summed E-state index contributed by atoms with van der Waals surface area (Å²) in [6.45, 7) is 0. The molecule has 0 atom stereocenters. The van der Waals surface area contributed by atoms with Crippen molar-refractivity contribution in [3.05, 3.63) is 53.0 Å². The number of anilines is 1. The van der Waals surface area contributed by atoms with Crippen molar-refractivity contribution < 1.29 is 8.42 Å². The van der Waals surface area contributed by atoms with Crippen LogP contribution in [0.2, 0.25) is 0 Å². The lowest BCUT2D eigenvalue weighted by atomic mass is 10.3. The Labute approximate surface area is 125 Å².